The van der Waals surface area contributed by atoms with E-state index in [0.29, 0.717) is 5.92 Å². The standard InChI is InChI=1S/C12H14N2O4/c15-12(16)7-11(8-1-2-8)13-9-3-5-10(6-4-9)14(17)18/h3-6,8,11,13H,1-2,7H2,(H,15,16). The van der Waals surface area contributed by atoms with Gasteiger partial charge in [0.25, 0.3) is 5.69 Å². The normalized spacial score (nSPS) is 16.0. The summed E-state index contributed by atoms with van der Waals surface area (Å²) in [6.07, 6.45) is 2.15. The second kappa shape index (κ2) is 5.03. The molecule has 1 aromatic carbocycles. The van der Waals surface area contributed by atoms with E-state index in [2.05, 4.69) is 5.32 Å². The third-order valence-corrected chi connectivity index (χ3v) is 3.02. The van der Waals surface area contributed by atoms with Gasteiger partial charge in [-0.05, 0) is 30.9 Å². The third-order valence-electron chi connectivity index (χ3n) is 3.02. The molecule has 6 heteroatoms. The molecule has 0 spiro atoms. The molecule has 96 valence electrons. The van der Waals surface area contributed by atoms with E-state index in [1.54, 1.807) is 12.1 Å². The van der Waals surface area contributed by atoms with Crippen molar-refractivity contribution >= 4 is 17.3 Å². The molecule has 0 heterocycles. The van der Waals surface area contributed by atoms with Crippen LogP contribution in [0.4, 0.5) is 11.4 Å². The summed E-state index contributed by atoms with van der Waals surface area (Å²) in [4.78, 5) is 20.8. The highest BCUT2D eigenvalue weighted by Crippen LogP contribution is 2.35. The predicted octanol–water partition coefficient (Wildman–Crippen LogP) is 2.26. The lowest BCUT2D eigenvalue weighted by molar-refractivity contribution is -0.384. The maximum Gasteiger partial charge on any atom is 0.305 e. The second-order valence-electron chi connectivity index (χ2n) is 4.49. The average molecular weight is 250 g/mol. The Hall–Kier alpha value is -2.11. The molecule has 1 atom stereocenters. The van der Waals surface area contributed by atoms with Gasteiger partial charge in [-0.3, -0.25) is 14.9 Å². The van der Waals surface area contributed by atoms with E-state index in [-0.39, 0.29) is 18.2 Å². The van der Waals surface area contributed by atoms with E-state index in [4.69, 9.17) is 5.11 Å². The van der Waals surface area contributed by atoms with Gasteiger partial charge < -0.3 is 10.4 Å². The molecule has 1 unspecified atom stereocenters. The number of nitro benzene ring substituents is 1. The van der Waals surface area contributed by atoms with Crippen LogP contribution in [0.2, 0.25) is 0 Å². The number of non-ortho nitro benzene ring substituents is 1. The number of hydrogen-bond acceptors (Lipinski definition) is 4. The molecule has 1 aliphatic rings. The molecule has 0 radical (unpaired) electrons. The number of rotatable bonds is 6. The van der Waals surface area contributed by atoms with Gasteiger partial charge in [-0.25, -0.2) is 0 Å². The van der Waals surface area contributed by atoms with Gasteiger partial charge >= 0.3 is 5.97 Å². The minimum atomic E-state index is -0.832. The first-order valence-corrected chi connectivity index (χ1v) is 5.79. The summed E-state index contributed by atoms with van der Waals surface area (Å²) in [6.45, 7) is 0. The lowest BCUT2D eigenvalue weighted by Crippen LogP contribution is -2.25. The van der Waals surface area contributed by atoms with Crippen LogP contribution in [0.5, 0.6) is 0 Å². The zero-order valence-corrected chi connectivity index (χ0v) is 9.70. The van der Waals surface area contributed by atoms with Crippen molar-refractivity contribution in [2.24, 2.45) is 5.92 Å². The summed E-state index contributed by atoms with van der Waals surface area (Å²) >= 11 is 0. The van der Waals surface area contributed by atoms with E-state index in [1.165, 1.54) is 12.1 Å². The highest BCUT2D eigenvalue weighted by Gasteiger charge is 2.32. The van der Waals surface area contributed by atoms with Crippen LogP contribution in [-0.2, 0) is 4.79 Å². The minimum Gasteiger partial charge on any atom is -0.481 e. The molecule has 0 saturated heterocycles. The van der Waals surface area contributed by atoms with Gasteiger partial charge in [0, 0.05) is 23.9 Å². The van der Waals surface area contributed by atoms with Crippen molar-refractivity contribution in [1.82, 2.24) is 0 Å². The Kier molecular flexibility index (Phi) is 3.45. The summed E-state index contributed by atoms with van der Waals surface area (Å²) in [7, 11) is 0. The number of nitrogens with zero attached hydrogens (tertiary/aromatic N) is 1. The molecule has 1 fully saturated rings. The largest absolute Gasteiger partial charge is 0.481 e. The molecule has 0 aromatic heterocycles. The second-order valence-corrected chi connectivity index (χ2v) is 4.49. The van der Waals surface area contributed by atoms with Crippen LogP contribution < -0.4 is 5.32 Å². The first-order valence-electron chi connectivity index (χ1n) is 5.79. The number of nitro groups is 1. The van der Waals surface area contributed by atoms with Crippen LogP contribution in [-0.4, -0.2) is 22.0 Å². The maximum absolute atomic E-state index is 10.7. The van der Waals surface area contributed by atoms with Crippen molar-refractivity contribution in [3.8, 4) is 0 Å². The Labute approximate surface area is 104 Å². The molecule has 6 nitrogen and oxygen atoms in total. The fourth-order valence-corrected chi connectivity index (χ4v) is 1.92. The molecule has 2 N–H and O–H groups in total. The number of anilines is 1. The Morgan fingerprint density at radius 1 is 1.44 bits per heavy atom. The van der Waals surface area contributed by atoms with E-state index >= 15 is 0 Å². The monoisotopic (exact) mass is 250 g/mol. The summed E-state index contributed by atoms with van der Waals surface area (Å²) < 4.78 is 0. The summed E-state index contributed by atoms with van der Waals surface area (Å²) in [5.74, 6) is -0.433. The number of carboxylic acids is 1. The smallest absolute Gasteiger partial charge is 0.305 e. The molecule has 0 aliphatic heterocycles. The number of carbonyl (C=O) groups is 1. The van der Waals surface area contributed by atoms with Crippen molar-refractivity contribution in [3.05, 3.63) is 34.4 Å². The SMILES string of the molecule is O=C(O)CC(Nc1ccc([N+](=O)[O-])cc1)C1CC1. The first-order chi connectivity index (χ1) is 8.56. The molecule has 1 aliphatic carbocycles. The number of nitrogens with one attached hydrogen (secondary N) is 1. The minimum absolute atomic E-state index is 0.0294. The average Bonchev–Trinajstić information content (AvgIpc) is 3.12. The Balaban J connectivity index is 2.02. The Morgan fingerprint density at radius 3 is 2.50 bits per heavy atom. The molecule has 2 rings (SSSR count). The lowest BCUT2D eigenvalue weighted by Gasteiger charge is -2.17. The molecular formula is C12H14N2O4. The Morgan fingerprint density at radius 2 is 2.06 bits per heavy atom. The third kappa shape index (κ3) is 3.19. The van der Waals surface area contributed by atoms with Gasteiger partial charge in [0.1, 0.15) is 0 Å². The number of carboxylic acid groups (broad SMARTS) is 1. The molecule has 1 saturated carbocycles. The fraction of sp³-hybridized carbons (Fsp3) is 0.417. The number of aliphatic carboxylic acids is 1. The van der Waals surface area contributed by atoms with Crippen LogP contribution in [0.25, 0.3) is 0 Å². The maximum atomic E-state index is 10.7. The van der Waals surface area contributed by atoms with Crippen LogP contribution in [0.1, 0.15) is 19.3 Å². The van der Waals surface area contributed by atoms with Gasteiger partial charge in [-0.2, -0.15) is 0 Å². The van der Waals surface area contributed by atoms with Crippen LogP contribution in [0.15, 0.2) is 24.3 Å². The molecule has 18 heavy (non-hydrogen) atoms. The molecule has 0 amide bonds. The molecule has 0 bridgehead atoms. The van der Waals surface area contributed by atoms with Gasteiger partial charge in [-0.15, -0.1) is 0 Å². The number of hydrogen-bond donors (Lipinski definition) is 2. The summed E-state index contributed by atoms with van der Waals surface area (Å²) in [5.41, 5.74) is 0.750. The van der Waals surface area contributed by atoms with Gasteiger partial charge in [0.05, 0.1) is 11.3 Å². The Bertz CT molecular complexity index is 454. The number of benzene rings is 1. The van der Waals surface area contributed by atoms with Crippen molar-refractivity contribution in [2.45, 2.75) is 25.3 Å². The highest BCUT2D eigenvalue weighted by atomic mass is 16.6. The van der Waals surface area contributed by atoms with Crippen LogP contribution in [0.3, 0.4) is 0 Å². The summed E-state index contributed by atoms with van der Waals surface area (Å²) in [6, 6.07) is 5.94. The van der Waals surface area contributed by atoms with E-state index in [9.17, 15) is 14.9 Å². The van der Waals surface area contributed by atoms with Crippen molar-refractivity contribution < 1.29 is 14.8 Å². The van der Waals surface area contributed by atoms with Crippen LogP contribution in [0, 0.1) is 16.0 Å². The van der Waals surface area contributed by atoms with E-state index < -0.39 is 10.9 Å². The van der Waals surface area contributed by atoms with Crippen molar-refractivity contribution in [3.63, 3.8) is 0 Å². The zero-order chi connectivity index (χ0) is 13.1. The summed E-state index contributed by atoms with van der Waals surface area (Å²) in [5, 5.41) is 22.5. The fourth-order valence-electron chi connectivity index (χ4n) is 1.92. The van der Waals surface area contributed by atoms with Gasteiger partial charge in [-0.1, -0.05) is 0 Å². The first kappa shape index (κ1) is 12.3. The van der Waals surface area contributed by atoms with Crippen molar-refractivity contribution in [1.29, 1.82) is 0 Å². The topological polar surface area (TPSA) is 92.5 Å². The quantitative estimate of drug-likeness (QED) is 0.596. The lowest BCUT2D eigenvalue weighted by atomic mass is 10.1. The molecule has 1 aromatic rings. The molecular weight excluding hydrogens is 236 g/mol. The zero-order valence-electron chi connectivity index (χ0n) is 9.70. The van der Waals surface area contributed by atoms with Crippen molar-refractivity contribution in [2.75, 3.05) is 5.32 Å². The highest BCUT2D eigenvalue weighted by molar-refractivity contribution is 5.68. The van der Waals surface area contributed by atoms with Gasteiger partial charge in [0.15, 0.2) is 0 Å². The van der Waals surface area contributed by atoms with Crippen LogP contribution >= 0.6 is 0 Å². The predicted molar refractivity (Wildman–Crippen MR) is 65.5 cm³/mol. The van der Waals surface area contributed by atoms with E-state index in [1.807, 2.05) is 0 Å². The van der Waals surface area contributed by atoms with E-state index in [0.717, 1.165) is 18.5 Å². The van der Waals surface area contributed by atoms with Gasteiger partial charge in [0.2, 0.25) is 0 Å².